The van der Waals surface area contributed by atoms with Crippen LogP contribution in [0.1, 0.15) is 11.1 Å². The van der Waals surface area contributed by atoms with E-state index in [0.717, 1.165) is 10.9 Å². The number of hydrogen-bond acceptors (Lipinski definition) is 2. The molecule has 0 unspecified atom stereocenters. The fourth-order valence-electron chi connectivity index (χ4n) is 2.41. The largest absolute Gasteiger partial charge is 0.494 e. The fourth-order valence-corrected chi connectivity index (χ4v) is 2.41. The summed E-state index contributed by atoms with van der Waals surface area (Å²) in [4.78, 5) is 0. The molecule has 0 amide bonds. The zero-order valence-electron chi connectivity index (χ0n) is 11.5. The Bertz CT molecular complexity index is 846. The third kappa shape index (κ3) is 2.34. The lowest BCUT2D eigenvalue weighted by atomic mass is 10.1. The molecule has 3 rings (SSSR count). The van der Waals surface area contributed by atoms with Gasteiger partial charge in [-0.2, -0.15) is 5.26 Å². The zero-order chi connectivity index (χ0) is 14.8. The summed E-state index contributed by atoms with van der Waals surface area (Å²) in [5, 5.41) is 10.0. The van der Waals surface area contributed by atoms with Gasteiger partial charge in [0.25, 0.3) is 0 Å². The minimum absolute atomic E-state index is 0.238. The van der Waals surface area contributed by atoms with Crippen molar-refractivity contribution in [1.29, 1.82) is 5.26 Å². The highest BCUT2D eigenvalue weighted by molar-refractivity contribution is 5.81. The number of benzene rings is 2. The number of fused-ring (bicyclic) bond motifs is 1. The standard InChI is InChI=1S/C17H13FN2O/c1-21-16-4-2-3-14(17(16)18)11-20-8-7-13-6-5-12(10-19)9-15(13)20/h2-9H,11H2,1H3. The van der Waals surface area contributed by atoms with Crippen LogP contribution in [-0.2, 0) is 6.54 Å². The molecule has 1 heterocycles. The molecule has 4 heteroatoms. The highest BCUT2D eigenvalue weighted by Gasteiger charge is 2.10. The maximum Gasteiger partial charge on any atom is 0.170 e. The predicted molar refractivity (Wildman–Crippen MR) is 78.7 cm³/mol. The van der Waals surface area contributed by atoms with Gasteiger partial charge in [0, 0.05) is 17.3 Å². The molecule has 0 fully saturated rings. The first kappa shape index (κ1) is 13.2. The highest BCUT2D eigenvalue weighted by atomic mass is 19.1. The van der Waals surface area contributed by atoms with Gasteiger partial charge in [0.1, 0.15) is 0 Å². The molecule has 0 aliphatic carbocycles. The number of aromatic nitrogens is 1. The summed E-state index contributed by atoms with van der Waals surface area (Å²) in [5.41, 5.74) is 2.05. The minimum atomic E-state index is -0.349. The van der Waals surface area contributed by atoms with E-state index in [-0.39, 0.29) is 11.6 Å². The van der Waals surface area contributed by atoms with Crippen molar-refractivity contribution in [2.24, 2.45) is 0 Å². The van der Waals surface area contributed by atoms with Crippen molar-refractivity contribution in [3.05, 3.63) is 65.6 Å². The van der Waals surface area contributed by atoms with Crippen LogP contribution in [0.3, 0.4) is 0 Å². The van der Waals surface area contributed by atoms with Gasteiger partial charge in [-0.15, -0.1) is 0 Å². The molecule has 0 aliphatic rings. The molecule has 0 N–H and O–H groups in total. The third-order valence-electron chi connectivity index (χ3n) is 3.51. The van der Waals surface area contributed by atoms with Crippen molar-refractivity contribution in [3.8, 4) is 11.8 Å². The molecular formula is C17H13FN2O. The van der Waals surface area contributed by atoms with E-state index >= 15 is 0 Å². The molecule has 0 bridgehead atoms. The van der Waals surface area contributed by atoms with E-state index in [1.807, 2.05) is 29.0 Å². The minimum Gasteiger partial charge on any atom is -0.494 e. The predicted octanol–water partition coefficient (Wildman–Crippen LogP) is 3.71. The Labute approximate surface area is 121 Å². The number of ether oxygens (including phenoxy) is 1. The molecule has 2 aromatic carbocycles. The van der Waals surface area contributed by atoms with E-state index in [9.17, 15) is 4.39 Å². The molecule has 0 saturated heterocycles. The van der Waals surface area contributed by atoms with Crippen LogP contribution in [0.4, 0.5) is 4.39 Å². The van der Waals surface area contributed by atoms with Gasteiger partial charge in [-0.1, -0.05) is 18.2 Å². The molecular weight excluding hydrogens is 267 g/mol. The molecule has 1 aromatic heterocycles. The van der Waals surface area contributed by atoms with Crippen molar-refractivity contribution in [2.75, 3.05) is 7.11 Å². The Morgan fingerprint density at radius 2 is 2.10 bits per heavy atom. The van der Waals surface area contributed by atoms with E-state index in [2.05, 4.69) is 6.07 Å². The summed E-state index contributed by atoms with van der Waals surface area (Å²) in [5.74, 6) is -0.111. The van der Waals surface area contributed by atoms with Crippen molar-refractivity contribution < 1.29 is 9.13 Å². The molecule has 3 aromatic rings. The number of nitriles is 1. The van der Waals surface area contributed by atoms with Gasteiger partial charge in [-0.3, -0.25) is 0 Å². The maximum atomic E-state index is 14.2. The van der Waals surface area contributed by atoms with Crippen LogP contribution in [-0.4, -0.2) is 11.7 Å². The SMILES string of the molecule is COc1cccc(Cn2ccc3ccc(C#N)cc32)c1F. The Hall–Kier alpha value is -2.80. The van der Waals surface area contributed by atoms with Crippen LogP contribution >= 0.6 is 0 Å². The number of rotatable bonds is 3. The second kappa shape index (κ2) is 5.29. The summed E-state index contributed by atoms with van der Waals surface area (Å²) < 4.78 is 21.1. The average Bonchev–Trinajstić information content (AvgIpc) is 2.91. The fraction of sp³-hybridized carbons (Fsp3) is 0.118. The Balaban J connectivity index is 2.04. The van der Waals surface area contributed by atoms with Gasteiger partial charge in [-0.05, 0) is 29.7 Å². The summed E-state index contributed by atoms with van der Waals surface area (Å²) in [6, 6.07) is 14.7. The van der Waals surface area contributed by atoms with E-state index < -0.39 is 0 Å². The van der Waals surface area contributed by atoms with E-state index in [0.29, 0.717) is 17.7 Å². The van der Waals surface area contributed by atoms with Crippen LogP contribution in [0.5, 0.6) is 5.75 Å². The third-order valence-corrected chi connectivity index (χ3v) is 3.51. The van der Waals surface area contributed by atoms with Crippen LogP contribution < -0.4 is 4.74 Å². The number of hydrogen-bond donors (Lipinski definition) is 0. The highest BCUT2D eigenvalue weighted by Crippen LogP contribution is 2.23. The summed E-state index contributed by atoms with van der Waals surface area (Å²) in [7, 11) is 1.45. The first-order valence-corrected chi connectivity index (χ1v) is 6.53. The smallest absolute Gasteiger partial charge is 0.170 e. The van der Waals surface area contributed by atoms with Crippen molar-refractivity contribution in [1.82, 2.24) is 4.57 Å². The normalized spacial score (nSPS) is 10.5. The second-order valence-corrected chi connectivity index (χ2v) is 4.76. The van der Waals surface area contributed by atoms with Crippen LogP contribution in [0.25, 0.3) is 10.9 Å². The number of halogens is 1. The monoisotopic (exact) mass is 280 g/mol. The van der Waals surface area contributed by atoms with Gasteiger partial charge in [0.05, 0.1) is 25.3 Å². The van der Waals surface area contributed by atoms with Crippen LogP contribution in [0, 0.1) is 17.1 Å². The summed E-state index contributed by atoms with van der Waals surface area (Å²) in [6.07, 6.45) is 1.89. The van der Waals surface area contributed by atoms with Crippen LogP contribution in [0.2, 0.25) is 0 Å². The van der Waals surface area contributed by atoms with Gasteiger partial charge >= 0.3 is 0 Å². The Morgan fingerprint density at radius 1 is 1.24 bits per heavy atom. The maximum absolute atomic E-state index is 14.2. The van der Waals surface area contributed by atoms with Gasteiger partial charge in [-0.25, -0.2) is 4.39 Å². The van der Waals surface area contributed by atoms with Gasteiger partial charge < -0.3 is 9.30 Å². The molecule has 0 aliphatic heterocycles. The van der Waals surface area contributed by atoms with Gasteiger partial charge in [0.2, 0.25) is 0 Å². The molecule has 3 nitrogen and oxygen atoms in total. The topological polar surface area (TPSA) is 38.0 Å². The second-order valence-electron chi connectivity index (χ2n) is 4.76. The lowest BCUT2D eigenvalue weighted by Gasteiger charge is -2.09. The lowest BCUT2D eigenvalue weighted by molar-refractivity contribution is 0.383. The molecule has 0 atom stereocenters. The first-order chi connectivity index (χ1) is 10.2. The first-order valence-electron chi connectivity index (χ1n) is 6.53. The van der Waals surface area contributed by atoms with Crippen molar-refractivity contribution in [2.45, 2.75) is 6.54 Å². The van der Waals surface area contributed by atoms with Crippen LogP contribution in [0.15, 0.2) is 48.7 Å². The molecule has 21 heavy (non-hydrogen) atoms. The van der Waals surface area contributed by atoms with Gasteiger partial charge in [0.15, 0.2) is 11.6 Å². The quantitative estimate of drug-likeness (QED) is 0.733. The average molecular weight is 280 g/mol. The molecule has 0 radical (unpaired) electrons. The molecule has 104 valence electrons. The van der Waals surface area contributed by atoms with E-state index in [1.54, 1.807) is 24.3 Å². The Morgan fingerprint density at radius 3 is 2.86 bits per heavy atom. The number of methoxy groups -OCH3 is 1. The van der Waals surface area contributed by atoms with E-state index in [4.69, 9.17) is 10.00 Å². The molecule has 0 spiro atoms. The summed E-state index contributed by atoms with van der Waals surface area (Å²) >= 11 is 0. The van der Waals surface area contributed by atoms with Crippen molar-refractivity contribution >= 4 is 10.9 Å². The summed E-state index contributed by atoms with van der Waals surface area (Å²) in [6.45, 7) is 0.390. The lowest BCUT2D eigenvalue weighted by Crippen LogP contribution is -2.02. The Kier molecular flexibility index (Phi) is 3.33. The molecule has 0 saturated carbocycles. The number of nitrogens with zero attached hydrogens (tertiary/aromatic N) is 2. The van der Waals surface area contributed by atoms with Crippen molar-refractivity contribution in [3.63, 3.8) is 0 Å². The van der Waals surface area contributed by atoms with E-state index in [1.165, 1.54) is 7.11 Å². The zero-order valence-corrected chi connectivity index (χ0v) is 11.5.